The van der Waals surface area contributed by atoms with E-state index < -0.39 is 10.5 Å². The van der Waals surface area contributed by atoms with Gasteiger partial charge in [0.25, 0.3) is 11.6 Å². The highest BCUT2D eigenvalue weighted by atomic mass is 35.5. The second-order valence-electron chi connectivity index (χ2n) is 5.19. The van der Waals surface area contributed by atoms with E-state index in [4.69, 9.17) is 10.3 Å². The maximum atomic E-state index is 10.8. The molecule has 2 aromatic rings. The molecule has 7 nitrogen and oxygen atoms in total. The van der Waals surface area contributed by atoms with Gasteiger partial charge in [0, 0.05) is 17.7 Å². The van der Waals surface area contributed by atoms with Crippen molar-refractivity contribution >= 4 is 18.1 Å². The number of rotatable bonds is 3. The highest BCUT2D eigenvalue weighted by Crippen LogP contribution is 2.38. The van der Waals surface area contributed by atoms with Crippen molar-refractivity contribution in [3.05, 3.63) is 39.7 Å². The van der Waals surface area contributed by atoms with E-state index >= 15 is 0 Å². The highest BCUT2D eigenvalue weighted by molar-refractivity contribution is 5.85. The molecule has 21 heavy (non-hydrogen) atoms. The molecule has 112 valence electrons. The first kappa shape index (κ1) is 15.4. The number of hydrogen-bond donors (Lipinski definition) is 1. The minimum Gasteiger partial charge on any atom is -0.334 e. The Kier molecular flexibility index (Phi) is 3.97. The Hall–Kier alpha value is -1.99. The number of non-ortho nitro benzene ring substituents is 1. The summed E-state index contributed by atoms with van der Waals surface area (Å²) in [5.41, 5.74) is 7.04. The maximum Gasteiger partial charge on any atom is 0.270 e. The zero-order valence-electron chi connectivity index (χ0n) is 11.4. The molecule has 3 rings (SSSR count). The van der Waals surface area contributed by atoms with Crippen LogP contribution in [-0.4, -0.2) is 15.1 Å². The summed E-state index contributed by atoms with van der Waals surface area (Å²) in [6.45, 7) is 1.84. The van der Waals surface area contributed by atoms with Crippen LogP contribution in [0.2, 0.25) is 0 Å². The molecule has 0 bridgehead atoms. The normalized spacial score (nSPS) is 15.9. The molecule has 1 heterocycles. The van der Waals surface area contributed by atoms with Crippen LogP contribution in [0.4, 0.5) is 5.69 Å². The quantitative estimate of drug-likeness (QED) is 0.689. The molecule has 0 unspecified atom stereocenters. The molecule has 1 aromatic carbocycles. The number of nitro groups is 1. The molecule has 1 saturated carbocycles. The van der Waals surface area contributed by atoms with Gasteiger partial charge in [-0.25, -0.2) is 0 Å². The summed E-state index contributed by atoms with van der Waals surface area (Å²) < 4.78 is 5.22. The Morgan fingerprint density at radius 2 is 2.14 bits per heavy atom. The summed E-state index contributed by atoms with van der Waals surface area (Å²) in [6.07, 6.45) is 2.72. The molecule has 8 heteroatoms. The second-order valence-corrected chi connectivity index (χ2v) is 5.19. The minimum atomic E-state index is -0.504. The molecule has 0 spiro atoms. The molecular weight excluding hydrogens is 296 g/mol. The molecule has 0 aliphatic heterocycles. The lowest BCUT2D eigenvalue weighted by molar-refractivity contribution is -0.384. The van der Waals surface area contributed by atoms with Gasteiger partial charge in [-0.05, 0) is 31.7 Å². The Labute approximate surface area is 127 Å². The summed E-state index contributed by atoms with van der Waals surface area (Å²) in [4.78, 5) is 14.7. The fourth-order valence-corrected chi connectivity index (χ4v) is 2.27. The van der Waals surface area contributed by atoms with Crippen LogP contribution in [0.15, 0.2) is 22.7 Å². The van der Waals surface area contributed by atoms with Crippen molar-refractivity contribution in [2.45, 2.75) is 31.7 Å². The number of aromatic nitrogens is 2. The van der Waals surface area contributed by atoms with Crippen molar-refractivity contribution in [2.24, 2.45) is 5.73 Å². The van der Waals surface area contributed by atoms with Crippen LogP contribution in [0.5, 0.6) is 0 Å². The van der Waals surface area contributed by atoms with Gasteiger partial charge < -0.3 is 10.3 Å². The van der Waals surface area contributed by atoms with Crippen molar-refractivity contribution in [2.75, 3.05) is 0 Å². The molecule has 0 atom stereocenters. The van der Waals surface area contributed by atoms with Crippen molar-refractivity contribution in [3.63, 3.8) is 0 Å². The van der Waals surface area contributed by atoms with E-state index in [0.29, 0.717) is 11.4 Å². The van der Waals surface area contributed by atoms with Gasteiger partial charge in [-0.2, -0.15) is 4.98 Å². The number of halogens is 1. The van der Waals surface area contributed by atoms with E-state index in [1.54, 1.807) is 6.07 Å². The lowest BCUT2D eigenvalue weighted by atomic mass is 9.77. The fourth-order valence-electron chi connectivity index (χ4n) is 2.27. The Morgan fingerprint density at radius 3 is 2.71 bits per heavy atom. The van der Waals surface area contributed by atoms with Crippen LogP contribution in [0, 0.1) is 17.0 Å². The average Bonchev–Trinajstić information content (AvgIpc) is 2.86. The van der Waals surface area contributed by atoms with Gasteiger partial charge in [0.15, 0.2) is 5.82 Å². The third kappa shape index (κ3) is 2.62. The number of nitrogens with two attached hydrogens (primary N) is 1. The molecule has 1 aliphatic rings. The number of nitrogens with zero attached hydrogens (tertiary/aromatic N) is 3. The predicted molar refractivity (Wildman–Crippen MR) is 78.1 cm³/mol. The zero-order chi connectivity index (χ0) is 14.3. The second kappa shape index (κ2) is 5.42. The van der Waals surface area contributed by atoms with Gasteiger partial charge >= 0.3 is 0 Å². The van der Waals surface area contributed by atoms with Gasteiger partial charge in [0.05, 0.1) is 10.5 Å². The van der Waals surface area contributed by atoms with Gasteiger partial charge in [0.1, 0.15) is 0 Å². The third-order valence-corrected chi connectivity index (χ3v) is 3.78. The molecule has 0 radical (unpaired) electrons. The maximum absolute atomic E-state index is 10.8. The largest absolute Gasteiger partial charge is 0.334 e. The predicted octanol–water partition coefficient (Wildman–Crippen LogP) is 2.71. The van der Waals surface area contributed by atoms with Crippen LogP contribution in [0.3, 0.4) is 0 Å². The summed E-state index contributed by atoms with van der Waals surface area (Å²) in [5, 5.41) is 14.8. The van der Waals surface area contributed by atoms with E-state index in [-0.39, 0.29) is 24.0 Å². The van der Waals surface area contributed by atoms with Gasteiger partial charge in [-0.15, -0.1) is 12.4 Å². The number of benzene rings is 1. The first-order valence-electron chi connectivity index (χ1n) is 6.38. The van der Waals surface area contributed by atoms with Gasteiger partial charge in [0.2, 0.25) is 0 Å². The monoisotopic (exact) mass is 310 g/mol. The first-order valence-corrected chi connectivity index (χ1v) is 6.38. The standard InChI is InChI=1S/C13H14N4O3.ClH/c1-8-3-4-9(17(18)19)7-10(8)11-15-12(16-20-11)13(14)5-2-6-13;/h3-4,7H,2,5-6,14H2,1H3;1H. The number of hydrogen-bond acceptors (Lipinski definition) is 6. The topological polar surface area (TPSA) is 108 Å². The van der Waals surface area contributed by atoms with Crippen LogP contribution >= 0.6 is 12.4 Å². The van der Waals surface area contributed by atoms with E-state index in [0.717, 1.165) is 24.8 Å². The lowest BCUT2D eigenvalue weighted by Crippen LogP contribution is -2.44. The molecule has 0 amide bonds. The Bertz CT molecular complexity index is 682. The SMILES string of the molecule is Cc1ccc([N+](=O)[O-])cc1-c1nc(C2(N)CCC2)no1.Cl. The van der Waals surface area contributed by atoms with Gasteiger partial charge in [-0.3, -0.25) is 10.1 Å². The molecule has 0 saturated heterocycles. The fraction of sp³-hybridized carbons (Fsp3) is 0.385. The zero-order valence-corrected chi connectivity index (χ0v) is 12.2. The third-order valence-electron chi connectivity index (χ3n) is 3.78. The lowest BCUT2D eigenvalue weighted by Gasteiger charge is -2.34. The van der Waals surface area contributed by atoms with Crippen LogP contribution in [0.1, 0.15) is 30.7 Å². The molecule has 1 aliphatic carbocycles. The van der Waals surface area contributed by atoms with Gasteiger partial charge in [-0.1, -0.05) is 11.2 Å². The van der Waals surface area contributed by atoms with Crippen molar-refractivity contribution < 1.29 is 9.45 Å². The van der Waals surface area contributed by atoms with Crippen molar-refractivity contribution in [1.82, 2.24) is 10.1 Å². The Morgan fingerprint density at radius 1 is 1.43 bits per heavy atom. The number of aryl methyl sites for hydroxylation is 1. The number of nitro benzene ring substituents is 1. The van der Waals surface area contributed by atoms with Crippen LogP contribution < -0.4 is 5.73 Å². The summed E-state index contributed by atoms with van der Waals surface area (Å²) in [6, 6.07) is 4.56. The highest BCUT2D eigenvalue weighted by Gasteiger charge is 2.39. The molecule has 2 N–H and O–H groups in total. The van der Waals surface area contributed by atoms with E-state index in [9.17, 15) is 10.1 Å². The molecular formula is C13H15ClN4O3. The first-order chi connectivity index (χ1) is 9.49. The van der Waals surface area contributed by atoms with Crippen LogP contribution in [-0.2, 0) is 5.54 Å². The summed E-state index contributed by atoms with van der Waals surface area (Å²) in [7, 11) is 0. The van der Waals surface area contributed by atoms with Crippen molar-refractivity contribution in [3.8, 4) is 11.5 Å². The Balaban J connectivity index is 0.00000161. The van der Waals surface area contributed by atoms with E-state index in [1.165, 1.54) is 12.1 Å². The minimum absolute atomic E-state index is 0. The smallest absolute Gasteiger partial charge is 0.270 e. The molecule has 1 fully saturated rings. The summed E-state index contributed by atoms with van der Waals surface area (Å²) >= 11 is 0. The van der Waals surface area contributed by atoms with E-state index in [2.05, 4.69) is 10.1 Å². The van der Waals surface area contributed by atoms with Crippen molar-refractivity contribution in [1.29, 1.82) is 0 Å². The molecule has 1 aromatic heterocycles. The average molecular weight is 311 g/mol. The summed E-state index contributed by atoms with van der Waals surface area (Å²) in [5.74, 6) is 0.752. The van der Waals surface area contributed by atoms with E-state index in [1.807, 2.05) is 6.92 Å². The van der Waals surface area contributed by atoms with Crippen LogP contribution in [0.25, 0.3) is 11.5 Å².